The van der Waals surface area contributed by atoms with Gasteiger partial charge in [0.25, 0.3) is 0 Å². The van der Waals surface area contributed by atoms with E-state index in [4.69, 9.17) is 4.74 Å². The monoisotopic (exact) mass is 315 g/mol. The summed E-state index contributed by atoms with van der Waals surface area (Å²) in [5.41, 5.74) is 0. The number of aliphatic hydroxyl groups excluding tert-OH is 1. The smallest absolute Gasteiger partial charge is 0.119 e. The average Bonchev–Trinajstić information content (AvgIpc) is 2.46. The molecule has 2 atom stereocenters. The fourth-order valence-electron chi connectivity index (χ4n) is 1.42. The molecule has 0 saturated carbocycles. The highest BCUT2D eigenvalue weighted by atomic mass is 32.2. The maximum absolute atomic E-state index is 11.2. The van der Waals surface area contributed by atoms with Crippen molar-refractivity contribution in [2.45, 2.75) is 44.6 Å². The summed E-state index contributed by atoms with van der Waals surface area (Å²) in [6.07, 6.45) is 3.42. The number of aliphatic hydroxyl groups is 1. The second-order valence-electron chi connectivity index (χ2n) is 4.80. The highest BCUT2D eigenvalue weighted by Crippen LogP contribution is 2.14. The van der Waals surface area contributed by atoms with Gasteiger partial charge in [0.1, 0.15) is 18.5 Å². The van der Waals surface area contributed by atoms with Gasteiger partial charge in [-0.2, -0.15) is 0 Å². The quantitative estimate of drug-likeness (QED) is 0.724. The van der Waals surface area contributed by atoms with Gasteiger partial charge in [0.15, 0.2) is 0 Å². The normalized spacial score (nSPS) is 13.0. The molecule has 0 spiro atoms. The molecule has 0 aromatic heterocycles. The Bertz CT molecular complexity index is 382. The number of rotatable bonds is 8. The lowest BCUT2D eigenvalue weighted by Crippen LogP contribution is -2.31. The van der Waals surface area contributed by atoms with E-state index in [9.17, 15) is 9.32 Å². The molecule has 21 heavy (non-hydrogen) atoms. The van der Waals surface area contributed by atoms with Gasteiger partial charge in [-0.05, 0) is 37.2 Å². The lowest BCUT2D eigenvalue weighted by molar-refractivity contribution is 0.106. The molecule has 1 rings (SSSR count). The first-order valence-corrected chi connectivity index (χ1v) is 9.05. The SMILES string of the molecule is CCC.CCCNCC(O)COc1ccc(S(C)=O)cc1. The van der Waals surface area contributed by atoms with Crippen molar-refractivity contribution in [3.05, 3.63) is 24.3 Å². The number of nitrogens with one attached hydrogen (secondary N) is 1. The van der Waals surface area contributed by atoms with Crippen LogP contribution in [0, 0.1) is 0 Å². The van der Waals surface area contributed by atoms with Crippen LogP contribution in [0.15, 0.2) is 29.2 Å². The van der Waals surface area contributed by atoms with Gasteiger partial charge in [-0.3, -0.25) is 4.21 Å². The molecule has 5 heteroatoms. The van der Waals surface area contributed by atoms with E-state index in [1.807, 2.05) is 0 Å². The van der Waals surface area contributed by atoms with Gasteiger partial charge in [0.2, 0.25) is 0 Å². The molecular weight excluding hydrogens is 286 g/mol. The molecule has 4 nitrogen and oxygen atoms in total. The number of benzene rings is 1. The topological polar surface area (TPSA) is 58.6 Å². The molecule has 2 N–H and O–H groups in total. The molecule has 0 radical (unpaired) electrons. The number of ether oxygens (including phenoxy) is 1. The van der Waals surface area contributed by atoms with Crippen molar-refractivity contribution in [1.82, 2.24) is 5.32 Å². The molecule has 0 saturated heterocycles. The summed E-state index contributed by atoms with van der Waals surface area (Å²) in [7, 11) is -0.970. The zero-order valence-corrected chi connectivity index (χ0v) is 14.4. The minimum atomic E-state index is -0.970. The first-order chi connectivity index (χ1) is 10.0. The van der Waals surface area contributed by atoms with Gasteiger partial charge in [0, 0.05) is 28.5 Å². The summed E-state index contributed by atoms with van der Waals surface area (Å²) in [5, 5.41) is 12.8. The maximum atomic E-state index is 11.2. The van der Waals surface area contributed by atoms with Crippen LogP contribution in [0.5, 0.6) is 5.75 Å². The van der Waals surface area contributed by atoms with Crippen molar-refractivity contribution in [3.8, 4) is 5.75 Å². The lowest BCUT2D eigenvalue weighted by atomic mass is 10.3. The minimum Gasteiger partial charge on any atom is -0.491 e. The summed E-state index contributed by atoms with van der Waals surface area (Å²) in [6.45, 7) is 8.01. The molecule has 0 fully saturated rings. The van der Waals surface area contributed by atoms with E-state index >= 15 is 0 Å². The molecule has 0 aliphatic rings. The van der Waals surface area contributed by atoms with E-state index in [1.54, 1.807) is 30.5 Å². The third-order valence-corrected chi connectivity index (χ3v) is 3.34. The molecule has 0 aliphatic heterocycles. The molecular formula is C16H29NO3S. The van der Waals surface area contributed by atoms with Crippen molar-refractivity contribution in [3.63, 3.8) is 0 Å². The first kappa shape index (κ1) is 20.1. The molecule has 1 aromatic rings. The van der Waals surface area contributed by atoms with Gasteiger partial charge in [-0.15, -0.1) is 0 Å². The van der Waals surface area contributed by atoms with E-state index in [2.05, 4.69) is 26.1 Å². The highest BCUT2D eigenvalue weighted by Gasteiger charge is 2.05. The molecule has 0 bridgehead atoms. The van der Waals surface area contributed by atoms with Crippen LogP contribution >= 0.6 is 0 Å². The Morgan fingerprint density at radius 3 is 2.29 bits per heavy atom. The predicted molar refractivity (Wildman–Crippen MR) is 89.4 cm³/mol. The Morgan fingerprint density at radius 2 is 1.81 bits per heavy atom. The van der Waals surface area contributed by atoms with Crippen molar-refractivity contribution in [2.24, 2.45) is 0 Å². The van der Waals surface area contributed by atoms with Gasteiger partial charge in [-0.1, -0.05) is 27.2 Å². The zero-order chi connectivity index (χ0) is 16.1. The Hall–Kier alpha value is -0.910. The Kier molecular flexibility index (Phi) is 12.2. The maximum Gasteiger partial charge on any atom is 0.119 e. The van der Waals surface area contributed by atoms with E-state index in [-0.39, 0.29) is 6.61 Å². The van der Waals surface area contributed by atoms with E-state index in [1.165, 1.54) is 6.42 Å². The van der Waals surface area contributed by atoms with Crippen LogP contribution in [0.25, 0.3) is 0 Å². The summed E-state index contributed by atoms with van der Waals surface area (Å²) < 4.78 is 16.6. The minimum absolute atomic E-state index is 0.255. The molecule has 0 amide bonds. The third-order valence-electron chi connectivity index (χ3n) is 2.40. The van der Waals surface area contributed by atoms with Gasteiger partial charge >= 0.3 is 0 Å². The number of hydrogen-bond acceptors (Lipinski definition) is 4. The van der Waals surface area contributed by atoms with Crippen molar-refractivity contribution >= 4 is 10.8 Å². The molecule has 0 aliphatic carbocycles. The third kappa shape index (κ3) is 10.5. The van der Waals surface area contributed by atoms with Crippen LogP contribution in [0.2, 0.25) is 0 Å². The molecule has 2 unspecified atom stereocenters. The first-order valence-electron chi connectivity index (χ1n) is 7.50. The van der Waals surface area contributed by atoms with Crippen LogP contribution in [0.4, 0.5) is 0 Å². The van der Waals surface area contributed by atoms with Crippen LogP contribution in [-0.4, -0.2) is 41.4 Å². The second-order valence-corrected chi connectivity index (χ2v) is 6.18. The summed E-state index contributed by atoms with van der Waals surface area (Å²) in [5.74, 6) is 0.679. The molecule has 122 valence electrons. The molecule has 1 aromatic carbocycles. The average molecular weight is 315 g/mol. The Balaban J connectivity index is 0.00000122. The zero-order valence-electron chi connectivity index (χ0n) is 13.6. The Labute approximate surface area is 131 Å². The fraction of sp³-hybridized carbons (Fsp3) is 0.625. The molecule has 0 heterocycles. The van der Waals surface area contributed by atoms with Crippen LogP contribution in [-0.2, 0) is 10.8 Å². The van der Waals surface area contributed by atoms with Gasteiger partial charge < -0.3 is 15.2 Å². The van der Waals surface area contributed by atoms with E-state index in [0.717, 1.165) is 17.9 Å². The van der Waals surface area contributed by atoms with Crippen LogP contribution in [0.3, 0.4) is 0 Å². The van der Waals surface area contributed by atoms with E-state index < -0.39 is 16.9 Å². The lowest BCUT2D eigenvalue weighted by Gasteiger charge is -2.13. The standard InChI is InChI=1S/C13H21NO3S.C3H8/c1-3-8-14-9-11(15)10-17-12-4-6-13(7-5-12)18(2)16;1-3-2/h4-7,11,14-15H,3,8-10H2,1-2H3;3H2,1-2H3. The summed E-state index contributed by atoms with van der Waals surface area (Å²) >= 11 is 0. The highest BCUT2D eigenvalue weighted by molar-refractivity contribution is 7.84. The van der Waals surface area contributed by atoms with Gasteiger partial charge in [-0.25, -0.2) is 0 Å². The second kappa shape index (κ2) is 12.8. The van der Waals surface area contributed by atoms with E-state index in [0.29, 0.717) is 12.3 Å². The van der Waals surface area contributed by atoms with Gasteiger partial charge in [0.05, 0.1) is 0 Å². The summed E-state index contributed by atoms with van der Waals surface area (Å²) in [4.78, 5) is 0.771. The van der Waals surface area contributed by atoms with Crippen LogP contribution in [0.1, 0.15) is 33.6 Å². The predicted octanol–water partition coefficient (Wildman–Crippen LogP) is 2.58. The number of hydrogen-bond donors (Lipinski definition) is 2. The summed E-state index contributed by atoms with van der Waals surface area (Å²) in [6, 6.07) is 7.08. The Morgan fingerprint density at radius 1 is 1.24 bits per heavy atom. The van der Waals surface area contributed by atoms with Crippen molar-refractivity contribution in [2.75, 3.05) is 26.0 Å². The van der Waals surface area contributed by atoms with Crippen molar-refractivity contribution < 1.29 is 14.1 Å². The van der Waals surface area contributed by atoms with Crippen molar-refractivity contribution in [1.29, 1.82) is 0 Å². The largest absolute Gasteiger partial charge is 0.491 e. The van der Waals surface area contributed by atoms with Crippen LogP contribution < -0.4 is 10.1 Å². The fourth-order valence-corrected chi connectivity index (χ4v) is 1.94.